The van der Waals surface area contributed by atoms with Gasteiger partial charge in [-0.1, -0.05) is 0 Å². The van der Waals surface area contributed by atoms with Gasteiger partial charge in [0.25, 0.3) is 0 Å². The highest BCUT2D eigenvalue weighted by Gasteiger charge is 2.10. The number of hydrogen-bond donors (Lipinski definition) is 0. The zero-order valence-corrected chi connectivity index (χ0v) is 10.1. The monoisotopic (exact) mass is 252 g/mol. The fraction of sp³-hybridized carbons (Fsp3) is 0.385. The number of amides is 1. The Bertz CT molecular complexity index is 469. The Labute approximate surface area is 105 Å². The van der Waals surface area contributed by atoms with Crippen LogP contribution in [0.25, 0.3) is 0 Å². The summed E-state index contributed by atoms with van der Waals surface area (Å²) in [7, 11) is 1.58. The molecule has 5 heteroatoms. The van der Waals surface area contributed by atoms with Crippen molar-refractivity contribution in [3.8, 4) is 6.07 Å². The molecule has 0 bridgehead atoms. The van der Waals surface area contributed by atoms with Gasteiger partial charge >= 0.3 is 0 Å². The highest BCUT2D eigenvalue weighted by molar-refractivity contribution is 5.76. The lowest BCUT2D eigenvalue weighted by Gasteiger charge is -2.16. The van der Waals surface area contributed by atoms with Crippen LogP contribution in [0.4, 0.5) is 8.78 Å². The Morgan fingerprint density at radius 2 is 2.17 bits per heavy atom. The summed E-state index contributed by atoms with van der Waals surface area (Å²) >= 11 is 0. The van der Waals surface area contributed by atoms with E-state index in [2.05, 4.69) is 0 Å². The number of carbonyl (C=O) groups excluding carboxylic acids is 1. The third-order valence-corrected chi connectivity index (χ3v) is 2.60. The molecule has 0 aliphatic heterocycles. The molecule has 0 radical (unpaired) electrons. The molecule has 0 unspecified atom stereocenters. The van der Waals surface area contributed by atoms with Gasteiger partial charge in [0.2, 0.25) is 5.91 Å². The molecule has 0 heterocycles. The SMILES string of the molecule is CN(CCc1cc(F)ccc1F)C(=O)CCC#N. The molecule has 0 atom stereocenters. The van der Waals surface area contributed by atoms with Crippen LogP contribution in [0, 0.1) is 23.0 Å². The maximum atomic E-state index is 13.3. The van der Waals surface area contributed by atoms with Crippen LogP contribution in [0.2, 0.25) is 0 Å². The molecule has 0 spiro atoms. The molecule has 18 heavy (non-hydrogen) atoms. The third-order valence-electron chi connectivity index (χ3n) is 2.60. The van der Waals surface area contributed by atoms with E-state index < -0.39 is 11.6 Å². The fourth-order valence-electron chi connectivity index (χ4n) is 1.50. The summed E-state index contributed by atoms with van der Waals surface area (Å²) in [4.78, 5) is 12.9. The summed E-state index contributed by atoms with van der Waals surface area (Å²) in [5, 5.41) is 8.36. The van der Waals surface area contributed by atoms with Gasteiger partial charge < -0.3 is 4.90 Å². The van der Waals surface area contributed by atoms with E-state index in [1.807, 2.05) is 6.07 Å². The van der Waals surface area contributed by atoms with Crippen LogP contribution in [-0.4, -0.2) is 24.4 Å². The summed E-state index contributed by atoms with van der Waals surface area (Å²) in [6.07, 6.45) is 0.564. The first-order valence-corrected chi connectivity index (χ1v) is 5.59. The van der Waals surface area contributed by atoms with Gasteiger partial charge in [0, 0.05) is 26.4 Å². The van der Waals surface area contributed by atoms with Gasteiger partial charge in [-0.2, -0.15) is 5.26 Å². The molecule has 0 fully saturated rings. The molecule has 0 N–H and O–H groups in total. The molecule has 0 aromatic heterocycles. The van der Waals surface area contributed by atoms with Crippen LogP contribution in [-0.2, 0) is 11.2 Å². The Hall–Kier alpha value is -1.96. The van der Waals surface area contributed by atoms with Crippen molar-refractivity contribution in [1.82, 2.24) is 4.90 Å². The second-order valence-corrected chi connectivity index (χ2v) is 3.96. The standard InChI is InChI=1S/C13H14F2N2O/c1-17(13(18)3-2-7-16)8-6-10-9-11(14)4-5-12(10)15/h4-5,9H,2-3,6,8H2,1H3. The predicted molar refractivity (Wildman–Crippen MR) is 62.5 cm³/mol. The normalized spacial score (nSPS) is 9.89. The Morgan fingerprint density at radius 1 is 1.44 bits per heavy atom. The van der Waals surface area contributed by atoms with Gasteiger partial charge in [0.1, 0.15) is 11.6 Å². The van der Waals surface area contributed by atoms with E-state index in [0.29, 0.717) is 6.54 Å². The van der Waals surface area contributed by atoms with Gasteiger partial charge in [0.05, 0.1) is 6.07 Å². The Kier molecular flexibility index (Phi) is 5.25. The summed E-state index contributed by atoms with van der Waals surface area (Å²) in [6, 6.07) is 5.14. The number of nitrogens with zero attached hydrogens (tertiary/aromatic N) is 2. The van der Waals surface area contributed by atoms with Crippen molar-refractivity contribution in [3.05, 3.63) is 35.4 Å². The van der Waals surface area contributed by atoms with E-state index in [4.69, 9.17) is 5.26 Å². The molecule has 96 valence electrons. The van der Waals surface area contributed by atoms with E-state index in [1.54, 1.807) is 7.05 Å². The molecule has 0 saturated heterocycles. The van der Waals surface area contributed by atoms with Crippen LogP contribution in [0.15, 0.2) is 18.2 Å². The van der Waals surface area contributed by atoms with Crippen LogP contribution in [0.1, 0.15) is 18.4 Å². The lowest BCUT2D eigenvalue weighted by atomic mass is 10.1. The number of benzene rings is 1. The van der Waals surface area contributed by atoms with E-state index in [1.165, 1.54) is 4.90 Å². The van der Waals surface area contributed by atoms with Gasteiger partial charge in [-0.25, -0.2) is 8.78 Å². The van der Waals surface area contributed by atoms with Crippen molar-refractivity contribution in [2.45, 2.75) is 19.3 Å². The number of rotatable bonds is 5. The fourth-order valence-corrected chi connectivity index (χ4v) is 1.50. The van der Waals surface area contributed by atoms with E-state index in [0.717, 1.165) is 18.2 Å². The summed E-state index contributed by atoms with van der Waals surface area (Å²) < 4.78 is 26.2. The zero-order valence-electron chi connectivity index (χ0n) is 10.1. The van der Waals surface area contributed by atoms with Crippen molar-refractivity contribution >= 4 is 5.91 Å². The van der Waals surface area contributed by atoms with Crippen LogP contribution < -0.4 is 0 Å². The third kappa shape index (κ3) is 4.13. The van der Waals surface area contributed by atoms with Gasteiger partial charge in [0.15, 0.2) is 0 Å². The first-order valence-electron chi connectivity index (χ1n) is 5.59. The summed E-state index contributed by atoms with van der Waals surface area (Å²) in [5.74, 6) is -1.15. The number of hydrogen-bond acceptors (Lipinski definition) is 2. The van der Waals surface area contributed by atoms with Crippen LogP contribution in [0.3, 0.4) is 0 Å². The molecule has 0 aliphatic carbocycles. The topological polar surface area (TPSA) is 44.1 Å². The first kappa shape index (κ1) is 14.1. The minimum absolute atomic E-state index is 0.151. The minimum Gasteiger partial charge on any atom is -0.345 e. The molecular formula is C13H14F2N2O. The van der Waals surface area contributed by atoms with Crippen molar-refractivity contribution in [1.29, 1.82) is 5.26 Å². The van der Waals surface area contributed by atoms with E-state index >= 15 is 0 Å². The molecule has 3 nitrogen and oxygen atoms in total. The number of carbonyl (C=O) groups is 1. The predicted octanol–water partition coefficient (Wildman–Crippen LogP) is 2.27. The largest absolute Gasteiger partial charge is 0.345 e. The number of halogens is 2. The number of nitriles is 1. The van der Waals surface area contributed by atoms with Crippen molar-refractivity contribution in [2.75, 3.05) is 13.6 Å². The highest BCUT2D eigenvalue weighted by Crippen LogP contribution is 2.11. The molecule has 1 aromatic carbocycles. The highest BCUT2D eigenvalue weighted by atomic mass is 19.1. The van der Waals surface area contributed by atoms with Crippen molar-refractivity contribution < 1.29 is 13.6 Å². The average Bonchev–Trinajstić information content (AvgIpc) is 2.36. The van der Waals surface area contributed by atoms with Crippen molar-refractivity contribution in [3.63, 3.8) is 0 Å². The minimum atomic E-state index is -0.495. The smallest absolute Gasteiger partial charge is 0.223 e. The Balaban J connectivity index is 2.52. The van der Waals surface area contributed by atoms with Gasteiger partial charge in [-0.15, -0.1) is 0 Å². The van der Waals surface area contributed by atoms with Crippen LogP contribution >= 0.6 is 0 Å². The van der Waals surface area contributed by atoms with E-state index in [9.17, 15) is 13.6 Å². The molecule has 1 amide bonds. The number of likely N-dealkylation sites (N-methyl/N-ethyl adjacent to an activating group) is 1. The second-order valence-electron chi connectivity index (χ2n) is 3.96. The quantitative estimate of drug-likeness (QED) is 0.806. The van der Waals surface area contributed by atoms with Gasteiger partial charge in [-0.3, -0.25) is 4.79 Å². The van der Waals surface area contributed by atoms with Crippen LogP contribution in [0.5, 0.6) is 0 Å². The second kappa shape index (κ2) is 6.70. The average molecular weight is 252 g/mol. The lowest BCUT2D eigenvalue weighted by Crippen LogP contribution is -2.28. The summed E-state index contributed by atoms with van der Waals surface area (Å²) in [5.41, 5.74) is 0.245. The molecule has 0 saturated carbocycles. The summed E-state index contributed by atoms with van der Waals surface area (Å²) in [6.45, 7) is 0.296. The Morgan fingerprint density at radius 3 is 2.83 bits per heavy atom. The van der Waals surface area contributed by atoms with E-state index in [-0.39, 0.29) is 30.7 Å². The first-order chi connectivity index (χ1) is 8.54. The van der Waals surface area contributed by atoms with Gasteiger partial charge in [-0.05, 0) is 30.2 Å². The lowest BCUT2D eigenvalue weighted by molar-refractivity contribution is -0.129. The maximum absolute atomic E-state index is 13.3. The molecule has 1 aromatic rings. The molecule has 1 rings (SSSR count). The van der Waals surface area contributed by atoms with Crippen molar-refractivity contribution in [2.24, 2.45) is 0 Å². The maximum Gasteiger partial charge on any atom is 0.223 e. The molecule has 0 aliphatic rings. The zero-order chi connectivity index (χ0) is 13.5. The molecular weight excluding hydrogens is 238 g/mol.